The van der Waals surface area contributed by atoms with Crippen LogP contribution >= 0.6 is 0 Å². The molecular weight excluding hydrogens is 624 g/mol. The number of carbonyl (C=O) groups is 1. The summed E-state index contributed by atoms with van der Waals surface area (Å²) in [5.74, 6) is 2.07. The number of aromatic nitrogens is 2. The third-order valence-electron chi connectivity index (χ3n) is 8.51. The molecule has 0 fully saturated rings. The lowest BCUT2D eigenvalue weighted by Gasteiger charge is -2.25. The van der Waals surface area contributed by atoms with Crippen LogP contribution in [0.25, 0.3) is 33.5 Å². The van der Waals surface area contributed by atoms with E-state index in [1.165, 1.54) is 0 Å². The molecule has 0 radical (unpaired) electrons. The lowest BCUT2D eigenvalue weighted by molar-refractivity contribution is 0.104. The summed E-state index contributed by atoms with van der Waals surface area (Å²) in [5, 5.41) is 15.4. The molecule has 5 aromatic carbocycles. The first kappa shape index (κ1) is 34.0. The Morgan fingerprint density at radius 1 is 0.760 bits per heavy atom. The second kappa shape index (κ2) is 15.1. The smallest absolute Gasteiger partial charge is 0.196 e. The van der Waals surface area contributed by atoms with Crippen LogP contribution in [-0.2, 0) is 0 Å². The Morgan fingerprint density at radius 2 is 1.44 bits per heavy atom. The molecule has 6 aromatic rings. The van der Waals surface area contributed by atoms with E-state index in [9.17, 15) is 9.90 Å². The van der Waals surface area contributed by atoms with E-state index in [1.54, 1.807) is 13.2 Å². The summed E-state index contributed by atoms with van der Waals surface area (Å²) in [5.41, 5.74) is 5.54. The first-order chi connectivity index (χ1) is 24.5. The molecule has 0 spiro atoms. The van der Waals surface area contributed by atoms with Crippen LogP contribution in [0.2, 0.25) is 0 Å². The number of ether oxygens (including phenoxy) is 2. The van der Waals surface area contributed by atoms with Gasteiger partial charge in [-0.05, 0) is 61.4 Å². The van der Waals surface area contributed by atoms with Gasteiger partial charge in [-0.3, -0.25) is 4.79 Å². The van der Waals surface area contributed by atoms with Crippen LogP contribution in [0, 0.1) is 0 Å². The number of methoxy groups -OCH3 is 1. The Bertz CT molecular complexity index is 2130. The average Bonchev–Trinajstić information content (AvgIpc) is 3.15. The number of anilines is 3. The van der Waals surface area contributed by atoms with Crippen molar-refractivity contribution in [3.05, 3.63) is 114 Å². The number of nitrogens with zero attached hydrogens (tertiary/aromatic N) is 3. The highest BCUT2D eigenvalue weighted by atomic mass is 16.5. The third-order valence-corrected chi connectivity index (χ3v) is 8.51. The molecule has 8 heteroatoms. The summed E-state index contributed by atoms with van der Waals surface area (Å²) in [6, 6.07) is 31.9. The molecular formula is C42H42N4O4. The van der Waals surface area contributed by atoms with Gasteiger partial charge in [0.25, 0.3) is 0 Å². The number of nitrogens with one attached hydrogen (secondary N) is 1. The molecule has 7 rings (SSSR count). The summed E-state index contributed by atoms with van der Waals surface area (Å²) in [6.45, 7) is 10.1. The van der Waals surface area contributed by atoms with Gasteiger partial charge in [-0.1, -0.05) is 70.2 Å². The minimum absolute atomic E-state index is 0.0833. The normalized spacial score (nSPS) is 11.3. The number of rotatable bonds is 11. The molecule has 0 saturated carbocycles. The van der Waals surface area contributed by atoms with E-state index >= 15 is 0 Å². The number of para-hydroxylation sites is 1. The van der Waals surface area contributed by atoms with E-state index in [2.05, 4.69) is 24.1 Å². The fraction of sp³-hybridized carbons (Fsp3) is 0.214. The lowest BCUT2D eigenvalue weighted by atomic mass is 9.85. The Labute approximate surface area is 293 Å². The summed E-state index contributed by atoms with van der Waals surface area (Å²) in [6.07, 6.45) is 2.00. The average molecular weight is 667 g/mol. The van der Waals surface area contributed by atoms with Crippen LogP contribution in [0.3, 0.4) is 0 Å². The lowest BCUT2D eigenvalue weighted by Crippen LogP contribution is -2.24. The fourth-order valence-electron chi connectivity index (χ4n) is 6.29. The highest BCUT2D eigenvalue weighted by molar-refractivity contribution is 6.28. The van der Waals surface area contributed by atoms with Crippen LogP contribution in [-0.4, -0.2) is 41.1 Å². The van der Waals surface area contributed by atoms with Crippen molar-refractivity contribution in [1.29, 1.82) is 0 Å². The number of hydrogen-bond donors (Lipinski definition) is 2. The van der Waals surface area contributed by atoms with Crippen LogP contribution in [0.1, 0.15) is 56.5 Å². The molecule has 2 N–H and O–H groups in total. The van der Waals surface area contributed by atoms with Crippen LogP contribution < -0.4 is 19.7 Å². The van der Waals surface area contributed by atoms with Crippen molar-refractivity contribution in [3.63, 3.8) is 0 Å². The topological polar surface area (TPSA) is 96.8 Å². The summed E-state index contributed by atoms with van der Waals surface area (Å²) in [4.78, 5) is 26.7. The fourth-order valence-corrected chi connectivity index (χ4v) is 6.29. The maximum Gasteiger partial charge on any atom is 0.196 e. The number of hydrogen-bond acceptors (Lipinski definition) is 8. The van der Waals surface area contributed by atoms with Gasteiger partial charge in [-0.2, -0.15) is 0 Å². The van der Waals surface area contributed by atoms with Crippen LogP contribution in [0.15, 0.2) is 103 Å². The third kappa shape index (κ3) is 6.57. The molecule has 1 heterocycles. The van der Waals surface area contributed by atoms with Gasteiger partial charge in [-0.25, -0.2) is 9.97 Å². The van der Waals surface area contributed by atoms with Gasteiger partial charge in [0.15, 0.2) is 17.4 Å². The molecule has 0 aliphatic heterocycles. The molecule has 1 aliphatic carbocycles. The van der Waals surface area contributed by atoms with E-state index < -0.39 is 0 Å². The van der Waals surface area contributed by atoms with E-state index in [-0.39, 0.29) is 11.5 Å². The van der Waals surface area contributed by atoms with Gasteiger partial charge in [0, 0.05) is 53.1 Å². The van der Waals surface area contributed by atoms with E-state index in [4.69, 9.17) is 19.4 Å². The van der Waals surface area contributed by atoms with Crippen molar-refractivity contribution in [2.75, 3.05) is 30.4 Å². The molecule has 0 bridgehead atoms. The Hall–Kier alpha value is -5.89. The number of ketones is 1. The zero-order valence-electron chi connectivity index (χ0n) is 29.2. The molecule has 0 unspecified atom stereocenters. The van der Waals surface area contributed by atoms with Gasteiger partial charge in [0.1, 0.15) is 22.8 Å². The first-order valence-electron chi connectivity index (χ1n) is 17.2. The van der Waals surface area contributed by atoms with E-state index in [0.29, 0.717) is 61.9 Å². The molecule has 1 aliphatic rings. The number of carbonyl (C=O) groups excluding carboxylic acids is 1. The Balaban J connectivity index is 0.00000212. The van der Waals surface area contributed by atoms with Crippen molar-refractivity contribution in [2.45, 2.75) is 40.5 Å². The van der Waals surface area contributed by atoms with Gasteiger partial charge in [0.05, 0.1) is 29.6 Å². The zero-order valence-corrected chi connectivity index (χ0v) is 29.2. The predicted molar refractivity (Wildman–Crippen MR) is 202 cm³/mol. The number of benzene rings is 5. The minimum atomic E-state index is -0.138. The maximum atomic E-state index is 14.3. The van der Waals surface area contributed by atoms with Gasteiger partial charge in [0.2, 0.25) is 0 Å². The van der Waals surface area contributed by atoms with Crippen LogP contribution in [0.4, 0.5) is 17.1 Å². The highest BCUT2D eigenvalue weighted by Crippen LogP contribution is 2.47. The molecule has 254 valence electrons. The maximum absolute atomic E-state index is 14.3. The Kier molecular flexibility index (Phi) is 10.3. The molecule has 1 aromatic heterocycles. The summed E-state index contributed by atoms with van der Waals surface area (Å²) < 4.78 is 11.8. The molecule has 0 saturated heterocycles. The van der Waals surface area contributed by atoms with Crippen molar-refractivity contribution in [2.24, 2.45) is 0 Å². The monoisotopic (exact) mass is 666 g/mol. The van der Waals surface area contributed by atoms with Crippen molar-refractivity contribution in [3.8, 4) is 45.6 Å². The predicted octanol–water partition coefficient (Wildman–Crippen LogP) is 10.4. The first-order valence-corrected chi connectivity index (χ1v) is 17.2. The quantitative estimate of drug-likeness (QED) is 0.141. The standard InChI is InChI=1S/C40H36N4O4.C2H6/c1-4-21-44(22-5-2)26-17-20-31(33(45)23-26)40-42-37-29-13-9-10-14-30(29)39(46)35-32(41-25-15-18-27(47-3)19-16-25)24-34(38(43-40)36(35)37)48-28-11-7-6-8-12-28;1-2/h6-20,23-24,41,45H,4-5,21-22H2,1-3H3;1-2H3. The second-order valence-electron chi connectivity index (χ2n) is 11.7. The van der Waals surface area contributed by atoms with Crippen LogP contribution in [0.5, 0.6) is 23.0 Å². The number of phenolic OH excluding ortho intramolecular Hbond substituents is 1. The SMILES string of the molecule is CC.CCCN(CCC)c1ccc(-c2nc3c4c(c(Nc5ccc(OC)cc5)cc(Oc5ccccc5)c4n2)C(=O)c2ccccc2-3)c(O)c1. The van der Waals surface area contributed by atoms with Gasteiger partial charge >= 0.3 is 0 Å². The van der Waals surface area contributed by atoms with Crippen molar-refractivity contribution >= 4 is 33.7 Å². The van der Waals surface area contributed by atoms with Gasteiger partial charge < -0.3 is 24.8 Å². The molecule has 50 heavy (non-hydrogen) atoms. The van der Waals surface area contributed by atoms with Crippen molar-refractivity contribution < 1.29 is 19.4 Å². The number of phenols is 1. The number of fused-ring (bicyclic) bond motifs is 2. The summed E-state index contributed by atoms with van der Waals surface area (Å²) >= 11 is 0. The number of aromatic hydroxyl groups is 1. The molecule has 0 atom stereocenters. The van der Waals surface area contributed by atoms with E-state index in [1.807, 2.05) is 111 Å². The summed E-state index contributed by atoms with van der Waals surface area (Å²) in [7, 11) is 1.62. The Morgan fingerprint density at radius 3 is 2.10 bits per heavy atom. The minimum Gasteiger partial charge on any atom is -0.507 e. The second-order valence-corrected chi connectivity index (χ2v) is 11.7. The molecule has 8 nitrogen and oxygen atoms in total. The van der Waals surface area contributed by atoms with Gasteiger partial charge in [-0.15, -0.1) is 0 Å². The molecule has 0 amide bonds. The highest BCUT2D eigenvalue weighted by Gasteiger charge is 2.32. The zero-order chi connectivity index (χ0) is 35.2. The van der Waals surface area contributed by atoms with Crippen molar-refractivity contribution in [1.82, 2.24) is 9.97 Å². The largest absolute Gasteiger partial charge is 0.507 e. The van der Waals surface area contributed by atoms with E-state index in [0.717, 1.165) is 43.1 Å².